The number of carbonyl (C=O) groups is 1. The van der Waals surface area contributed by atoms with Crippen LogP contribution in [0.4, 0.5) is 0 Å². The minimum atomic E-state index is -0.0932. The summed E-state index contributed by atoms with van der Waals surface area (Å²) in [6.45, 7) is 9.19. The van der Waals surface area contributed by atoms with Crippen LogP contribution in [0.1, 0.15) is 29.3 Å². The normalized spacial score (nSPS) is 18.8. The summed E-state index contributed by atoms with van der Waals surface area (Å²) in [5.41, 5.74) is 2.58. The Hall–Kier alpha value is -1.69. The molecule has 0 amide bonds. The van der Waals surface area contributed by atoms with Crippen molar-refractivity contribution in [1.82, 2.24) is 9.80 Å². The number of nitrogens with zero attached hydrogens (tertiary/aromatic N) is 2. The van der Waals surface area contributed by atoms with Crippen molar-refractivity contribution in [2.75, 3.05) is 26.2 Å². The predicted octanol–water partition coefficient (Wildman–Crippen LogP) is 3.70. The van der Waals surface area contributed by atoms with Gasteiger partial charge in [0.1, 0.15) is 0 Å². The Labute approximate surface area is 160 Å². The average Bonchev–Trinajstić information content (AvgIpc) is 3.12. The van der Waals surface area contributed by atoms with Crippen molar-refractivity contribution in [2.45, 2.75) is 39.4 Å². The van der Waals surface area contributed by atoms with Gasteiger partial charge in [0, 0.05) is 43.6 Å². The third kappa shape index (κ3) is 5.40. The Balaban J connectivity index is 1.66. The number of rotatable bonds is 7. The Bertz CT molecular complexity index is 685. The summed E-state index contributed by atoms with van der Waals surface area (Å²) >= 11 is 1.80. The number of hydrogen-bond donors (Lipinski definition) is 0. The molecule has 1 unspecified atom stereocenters. The first kappa shape index (κ1) is 19.1. The van der Waals surface area contributed by atoms with Crippen molar-refractivity contribution in [3.63, 3.8) is 0 Å². The van der Waals surface area contributed by atoms with Crippen LogP contribution in [0.15, 0.2) is 41.8 Å². The lowest BCUT2D eigenvalue weighted by atomic mass is 10.1. The highest BCUT2D eigenvalue weighted by Gasteiger charge is 2.29. The quantitative estimate of drug-likeness (QED) is 0.694. The molecule has 4 nitrogen and oxygen atoms in total. The fourth-order valence-electron chi connectivity index (χ4n) is 3.47. The van der Waals surface area contributed by atoms with E-state index in [2.05, 4.69) is 58.5 Å². The van der Waals surface area contributed by atoms with E-state index in [9.17, 15) is 4.79 Å². The van der Waals surface area contributed by atoms with Crippen molar-refractivity contribution in [2.24, 2.45) is 0 Å². The molecule has 1 aliphatic heterocycles. The largest absolute Gasteiger partial charge is 0.466 e. The van der Waals surface area contributed by atoms with Gasteiger partial charge in [-0.3, -0.25) is 14.6 Å². The summed E-state index contributed by atoms with van der Waals surface area (Å²) in [6, 6.07) is 13.2. The standard InChI is InChI=1S/C21H28N2O2S/c1-3-25-21(24)13-19-15-22(16-20-5-4-12-26-20)10-11-23(19)14-18-8-6-17(2)7-9-18/h4-9,12,19H,3,10-11,13-16H2,1-2H3. The maximum absolute atomic E-state index is 12.1. The first-order chi connectivity index (χ1) is 12.6. The molecular weight excluding hydrogens is 344 g/mol. The number of aryl methyl sites for hydroxylation is 1. The zero-order chi connectivity index (χ0) is 18.4. The minimum Gasteiger partial charge on any atom is -0.466 e. The maximum atomic E-state index is 12.1. The highest BCUT2D eigenvalue weighted by atomic mass is 32.1. The van der Waals surface area contributed by atoms with E-state index in [1.54, 1.807) is 11.3 Å². The summed E-state index contributed by atoms with van der Waals surface area (Å²) in [5.74, 6) is -0.0932. The topological polar surface area (TPSA) is 32.8 Å². The smallest absolute Gasteiger partial charge is 0.307 e. The fourth-order valence-corrected chi connectivity index (χ4v) is 4.21. The zero-order valence-corrected chi connectivity index (χ0v) is 16.5. The lowest BCUT2D eigenvalue weighted by molar-refractivity contribution is -0.145. The lowest BCUT2D eigenvalue weighted by Gasteiger charge is -2.41. The van der Waals surface area contributed by atoms with Gasteiger partial charge in [-0.1, -0.05) is 35.9 Å². The molecule has 1 aliphatic rings. The van der Waals surface area contributed by atoms with Crippen LogP contribution in [-0.4, -0.2) is 48.1 Å². The van der Waals surface area contributed by atoms with Gasteiger partial charge in [0.25, 0.3) is 0 Å². The first-order valence-corrected chi connectivity index (χ1v) is 10.2. The average molecular weight is 373 g/mol. The van der Waals surface area contributed by atoms with E-state index in [1.165, 1.54) is 16.0 Å². The Morgan fingerprint density at radius 1 is 1.19 bits per heavy atom. The molecule has 5 heteroatoms. The summed E-state index contributed by atoms with van der Waals surface area (Å²) in [7, 11) is 0. The number of ether oxygens (including phenoxy) is 1. The van der Waals surface area contributed by atoms with Gasteiger partial charge in [0.05, 0.1) is 13.0 Å². The van der Waals surface area contributed by atoms with Gasteiger partial charge in [0.15, 0.2) is 0 Å². The molecule has 1 aromatic carbocycles. The summed E-state index contributed by atoms with van der Waals surface area (Å²) in [4.78, 5) is 18.4. The van der Waals surface area contributed by atoms with Gasteiger partial charge >= 0.3 is 5.97 Å². The van der Waals surface area contributed by atoms with Crippen molar-refractivity contribution in [3.8, 4) is 0 Å². The van der Waals surface area contributed by atoms with Crippen molar-refractivity contribution in [3.05, 3.63) is 57.8 Å². The van der Waals surface area contributed by atoms with Crippen molar-refractivity contribution >= 4 is 17.3 Å². The van der Waals surface area contributed by atoms with Crippen molar-refractivity contribution < 1.29 is 9.53 Å². The predicted molar refractivity (Wildman–Crippen MR) is 106 cm³/mol. The highest BCUT2D eigenvalue weighted by molar-refractivity contribution is 7.09. The molecule has 1 saturated heterocycles. The van der Waals surface area contributed by atoms with Crippen LogP contribution in [0.3, 0.4) is 0 Å². The molecule has 0 aliphatic carbocycles. The molecule has 3 rings (SSSR count). The van der Waals surface area contributed by atoms with Gasteiger partial charge in [-0.15, -0.1) is 11.3 Å². The first-order valence-electron chi connectivity index (χ1n) is 9.34. The lowest BCUT2D eigenvalue weighted by Crippen LogP contribution is -2.53. The van der Waals surface area contributed by atoms with Gasteiger partial charge < -0.3 is 4.74 Å². The Kier molecular flexibility index (Phi) is 6.83. The summed E-state index contributed by atoms with van der Waals surface area (Å²) in [5, 5.41) is 2.12. The Morgan fingerprint density at radius 3 is 2.69 bits per heavy atom. The van der Waals surface area contributed by atoms with Crippen molar-refractivity contribution in [1.29, 1.82) is 0 Å². The van der Waals surface area contributed by atoms with Crippen LogP contribution < -0.4 is 0 Å². The molecule has 0 N–H and O–H groups in total. The van der Waals surface area contributed by atoms with Crippen LogP contribution in [0.25, 0.3) is 0 Å². The molecule has 2 aromatic rings. The second-order valence-corrected chi connectivity index (χ2v) is 7.97. The molecular formula is C21H28N2O2S. The molecule has 1 atom stereocenters. The van der Waals surface area contributed by atoms with Gasteiger partial charge in [0.2, 0.25) is 0 Å². The van der Waals surface area contributed by atoms with Crippen LogP contribution in [0, 0.1) is 6.92 Å². The third-order valence-corrected chi connectivity index (χ3v) is 5.72. The minimum absolute atomic E-state index is 0.0932. The maximum Gasteiger partial charge on any atom is 0.307 e. The van der Waals surface area contributed by atoms with Gasteiger partial charge in [-0.2, -0.15) is 0 Å². The van der Waals surface area contributed by atoms with E-state index < -0.39 is 0 Å². The summed E-state index contributed by atoms with van der Waals surface area (Å²) < 4.78 is 5.22. The van der Waals surface area contributed by atoms with Crippen LogP contribution in [0.5, 0.6) is 0 Å². The number of esters is 1. The van der Waals surface area contributed by atoms with E-state index in [4.69, 9.17) is 4.74 Å². The van der Waals surface area contributed by atoms with E-state index >= 15 is 0 Å². The van der Waals surface area contributed by atoms with Gasteiger partial charge in [-0.05, 0) is 30.9 Å². The molecule has 0 radical (unpaired) electrons. The van der Waals surface area contributed by atoms with E-state index in [0.717, 1.165) is 32.7 Å². The van der Waals surface area contributed by atoms with E-state index in [1.807, 2.05) is 6.92 Å². The molecule has 1 fully saturated rings. The monoisotopic (exact) mass is 372 g/mol. The number of carbonyl (C=O) groups excluding carboxylic acids is 1. The number of thiophene rings is 1. The number of piperazine rings is 1. The van der Waals surface area contributed by atoms with Gasteiger partial charge in [-0.25, -0.2) is 0 Å². The highest BCUT2D eigenvalue weighted by Crippen LogP contribution is 2.20. The molecule has 0 spiro atoms. The molecule has 1 aromatic heterocycles. The third-order valence-electron chi connectivity index (χ3n) is 4.86. The Morgan fingerprint density at radius 2 is 2.00 bits per heavy atom. The van der Waals surface area contributed by atoms with E-state index in [-0.39, 0.29) is 12.0 Å². The molecule has 140 valence electrons. The molecule has 26 heavy (non-hydrogen) atoms. The second kappa shape index (κ2) is 9.31. The number of benzene rings is 1. The fraction of sp³-hybridized carbons (Fsp3) is 0.476. The SMILES string of the molecule is CCOC(=O)CC1CN(Cc2cccs2)CCN1Cc1ccc(C)cc1. The van der Waals surface area contributed by atoms with E-state index in [0.29, 0.717) is 13.0 Å². The van der Waals surface area contributed by atoms with Crippen LogP contribution in [-0.2, 0) is 22.6 Å². The molecule has 0 saturated carbocycles. The summed E-state index contributed by atoms with van der Waals surface area (Å²) in [6.07, 6.45) is 0.459. The molecule has 2 heterocycles. The second-order valence-electron chi connectivity index (χ2n) is 6.93. The number of hydrogen-bond acceptors (Lipinski definition) is 5. The molecule has 0 bridgehead atoms. The van der Waals surface area contributed by atoms with Crippen LogP contribution >= 0.6 is 11.3 Å². The van der Waals surface area contributed by atoms with Crippen LogP contribution in [0.2, 0.25) is 0 Å². The zero-order valence-electron chi connectivity index (χ0n) is 15.7.